The Bertz CT molecular complexity index is 884. The Kier molecular flexibility index (Phi) is 3.32. The van der Waals surface area contributed by atoms with Crippen LogP contribution in [0.3, 0.4) is 0 Å². The SMILES string of the molecule is Fc1cccc(C2=CCc3ncc(-c4ccsc4)cc32)c1Cl. The first-order valence-electron chi connectivity index (χ1n) is 6.90. The van der Waals surface area contributed by atoms with Gasteiger partial charge in [0.2, 0.25) is 0 Å². The molecule has 1 aromatic carbocycles. The summed E-state index contributed by atoms with van der Waals surface area (Å²) in [6.07, 6.45) is 4.71. The summed E-state index contributed by atoms with van der Waals surface area (Å²) in [7, 11) is 0. The van der Waals surface area contributed by atoms with Gasteiger partial charge in [0.05, 0.1) is 10.7 Å². The second-order valence-electron chi connectivity index (χ2n) is 5.15. The van der Waals surface area contributed by atoms with E-state index in [1.165, 1.54) is 6.07 Å². The van der Waals surface area contributed by atoms with E-state index >= 15 is 0 Å². The van der Waals surface area contributed by atoms with Crippen LogP contribution in [0, 0.1) is 5.82 Å². The number of benzene rings is 1. The van der Waals surface area contributed by atoms with Crippen molar-refractivity contribution in [1.29, 1.82) is 0 Å². The molecule has 0 radical (unpaired) electrons. The number of fused-ring (bicyclic) bond motifs is 1. The van der Waals surface area contributed by atoms with E-state index in [9.17, 15) is 4.39 Å². The van der Waals surface area contributed by atoms with E-state index in [0.29, 0.717) is 0 Å². The van der Waals surface area contributed by atoms with E-state index in [4.69, 9.17) is 11.6 Å². The monoisotopic (exact) mass is 327 g/mol. The molecule has 22 heavy (non-hydrogen) atoms. The van der Waals surface area contributed by atoms with Crippen molar-refractivity contribution in [3.63, 3.8) is 0 Å². The minimum Gasteiger partial charge on any atom is -0.260 e. The van der Waals surface area contributed by atoms with E-state index in [1.807, 2.05) is 17.6 Å². The van der Waals surface area contributed by atoms with Gasteiger partial charge < -0.3 is 0 Å². The molecule has 4 heteroatoms. The van der Waals surface area contributed by atoms with Crippen LogP contribution < -0.4 is 0 Å². The molecule has 0 fully saturated rings. The van der Waals surface area contributed by atoms with Gasteiger partial charge in [0.1, 0.15) is 5.82 Å². The van der Waals surface area contributed by atoms with Crippen molar-refractivity contribution < 1.29 is 4.39 Å². The summed E-state index contributed by atoms with van der Waals surface area (Å²) in [5, 5.41) is 4.31. The zero-order valence-electron chi connectivity index (χ0n) is 11.5. The molecule has 2 heterocycles. The van der Waals surface area contributed by atoms with Gasteiger partial charge in [-0.25, -0.2) is 4.39 Å². The molecule has 0 bridgehead atoms. The molecule has 4 rings (SSSR count). The molecule has 0 atom stereocenters. The summed E-state index contributed by atoms with van der Waals surface area (Å²) in [5.74, 6) is -0.393. The first-order valence-corrected chi connectivity index (χ1v) is 8.22. The Balaban J connectivity index is 1.84. The topological polar surface area (TPSA) is 12.9 Å². The average Bonchev–Trinajstić information content (AvgIpc) is 3.18. The second-order valence-corrected chi connectivity index (χ2v) is 6.31. The smallest absolute Gasteiger partial charge is 0.142 e. The van der Waals surface area contributed by atoms with E-state index in [0.717, 1.165) is 39.9 Å². The fourth-order valence-electron chi connectivity index (χ4n) is 2.75. The van der Waals surface area contributed by atoms with Crippen molar-refractivity contribution in [2.45, 2.75) is 6.42 Å². The molecule has 0 unspecified atom stereocenters. The molecule has 0 amide bonds. The number of hydrogen-bond acceptors (Lipinski definition) is 2. The Hall–Kier alpha value is -1.97. The first kappa shape index (κ1) is 13.7. The Morgan fingerprint density at radius 1 is 1.14 bits per heavy atom. The zero-order chi connectivity index (χ0) is 15.1. The summed E-state index contributed by atoms with van der Waals surface area (Å²) in [4.78, 5) is 4.56. The zero-order valence-corrected chi connectivity index (χ0v) is 13.1. The Labute approximate surface area is 136 Å². The van der Waals surface area contributed by atoms with Crippen LogP contribution in [-0.2, 0) is 6.42 Å². The van der Waals surface area contributed by atoms with Crippen LogP contribution in [0.25, 0.3) is 16.7 Å². The number of rotatable bonds is 2. The molecule has 0 N–H and O–H groups in total. The van der Waals surface area contributed by atoms with Crippen LogP contribution in [0.4, 0.5) is 4.39 Å². The summed E-state index contributed by atoms with van der Waals surface area (Å²) < 4.78 is 13.7. The minimum atomic E-state index is -0.393. The lowest BCUT2D eigenvalue weighted by molar-refractivity contribution is 0.628. The average molecular weight is 328 g/mol. The van der Waals surface area contributed by atoms with Gasteiger partial charge in [-0.15, -0.1) is 0 Å². The van der Waals surface area contributed by atoms with Gasteiger partial charge in [-0.3, -0.25) is 4.98 Å². The van der Waals surface area contributed by atoms with Crippen LogP contribution in [0.1, 0.15) is 16.8 Å². The van der Waals surface area contributed by atoms with Crippen molar-refractivity contribution in [1.82, 2.24) is 4.98 Å². The standard InChI is InChI=1S/C18H11ClFNS/c19-18-14(2-1-3-16(18)20)13-4-5-17-15(13)8-12(9-21-17)11-6-7-22-10-11/h1-4,6-10H,5H2. The maximum Gasteiger partial charge on any atom is 0.142 e. The molecule has 0 aliphatic heterocycles. The highest BCUT2D eigenvalue weighted by atomic mass is 35.5. The van der Waals surface area contributed by atoms with Crippen LogP contribution >= 0.6 is 22.9 Å². The maximum atomic E-state index is 13.7. The number of pyridine rings is 1. The fourth-order valence-corrected chi connectivity index (χ4v) is 3.64. The van der Waals surface area contributed by atoms with Gasteiger partial charge >= 0.3 is 0 Å². The van der Waals surface area contributed by atoms with Crippen LogP contribution in [-0.4, -0.2) is 4.98 Å². The van der Waals surface area contributed by atoms with Crippen LogP contribution in [0.2, 0.25) is 5.02 Å². The number of allylic oxidation sites excluding steroid dienone is 1. The van der Waals surface area contributed by atoms with E-state index < -0.39 is 5.82 Å². The molecule has 0 saturated heterocycles. The molecule has 0 saturated carbocycles. The van der Waals surface area contributed by atoms with Gasteiger partial charge in [-0.1, -0.05) is 29.8 Å². The van der Waals surface area contributed by atoms with E-state index in [1.54, 1.807) is 17.4 Å². The van der Waals surface area contributed by atoms with Gasteiger partial charge in [0.25, 0.3) is 0 Å². The molecule has 3 aromatic rings. The van der Waals surface area contributed by atoms with E-state index in [-0.39, 0.29) is 5.02 Å². The fraction of sp³-hybridized carbons (Fsp3) is 0.0556. The van der Waals surface area contributed by atoms with Crippen molar-refractivity contribution in [3.8, 4) is 11.1 Å². The predicted octanol–water partition coefficient (Wildman–Crippen LogP) is 5.59. The third-order valence-corrected chi connectivity index (χ3v) is 4.92. The van der Waals surface area contributed by atoms with Gasteiger partial charge in [-0.2, -0.15) is 11.3 Å². The highest BCUT2D eigenvalue weighted by molar-refractivity contribution is 7.08. The lowest BCUT2D eigenvalue weighted by Crippen LogP contribution is -1.93. The largest absolute Gasteiger partial charge is 0.260 e. The summed E-state index contributed by atoms with van der Waals surface area (Å²) >= 11 is 7.80. The Morgan fingerprint density at radius 3 is 2.86 bits per heavy atom. The van der Waals surface area contributed by atoms with Gasteiger partial charge in [0, 0.05) is 29.3 Å². The number of halogens is 2. The van der Waals surface area contributed by atoms with Gasteiger partial charge in [0.15, 0.2) is 0 Å². The Morgan fingerprint density at radius 2 is 2.05 bits per heavy atom. The molecule has 1 aliphatic carbocycles. The maximum absolute atomic E-state index is 13.7. The molecule has 0 spiro atoms. The van der Waals surface area contributed by atoms with E-state index in [2.05, 4.69) is 28.6 Å². The van der Waals surface area contributed by atoms with Crippen LogP contribution in [0.15, 0.2) is 53.4 Å². The summed E-state index contributed by atoms with van der Waals surface area (Å²) in [6, 6.07) is 9.10. The summed E-state index contributed by atoms with van der Waals surface area (Å²) in [5.41, 5.74) is 5.96. The predicted molar refractivity (Wildman–Crippen MR) is 89.7 cm³/mol. The molecular weight excluding hydrogens is 317 g/mol. The summed E-state index contributed by atoms with van der Waals surface area (Å²) in [6.45, 7) is 0. The van der Waals surface area contributed by atoms with Crippen molar-refractivity contribution in [2.24, 2.45) is 0 Å². The third kappa shape index (κ3) is 2.18. The number of thiophene rings is 1. The molecule has 108 valence electrons. The highest BCUT2D eigenvalue weighted by Gasteiger charge is 2.20. The normalized spacial score (nSPS) is 13.1. The molecule has 2 aromatic heterocycles. The molecule has 1 nitrogen and oxygen atoms in total. The van der Waals surface area contributed by atoms with Gasteiger partial charge in [-0.05, 0) is 40.1 Å². The number of aromatic nitrogens is 1. The molecular formula is C18H11ClFNS. The lowest BCUT2D eigenvalue weighted by atomic mass is 9.98. The number of hydrogen-bond donors (Lipinski definition) is 0. The minimum absolute atomic E-state index is 0.169. The van der Waals surface area contributed by atoms with Crippen molar-refractivity contribution >= 4 is 28.5 Å². The third-order valence-electron chi connectivity index (χ3n) is 3.86. The second kappa shape index (κ2) is 5.34. The van der Waals surface area contributed by atoms with Crippen molar-refractivity contribution in [2.75, 3.05) is 0 Å². The van der Waals surface area contributed by atoms with Crippen molar-refractivity contribution in [3.05, 3.63) is 81.0 Å². The molecule has 1 aliphatic rings. The first-order chi connectivity index (χ1) is 10.7. The quantitative estimate of drug-likeness (QED) is 0.598. The lowest BCUT2D eigenvalue weighted by Gasteiger charge is -2.10. The highest BCUT2D eigenvalue weighted by Crippen LogP contribution is 2.38. The van der Waals surface area contributed by atoms with Crippen LogP contribution in [0.5, 0.6) is 0 Å². The number of nitrogens with zero attached hydrogens (tertiary/aromatic N) is 1.